The lowest BCUT2D eigenvalue weighted by atomic mass is 9.93. The van der Waals surface area contributed by atoms with E-state index in [1.165, 1.54) is 0 Å². The summed E-state index contributed by atoms with van der Waals surface area (Å²) in [6, 6.07) is 2.36. The highest BCUT2D eigenvalue weighted by Gasteiger charge is 2.72. The van der Waals surface area contributed by atoms with Crippen LogP contribution in [0.5, 0.6) is 0 Å². The van der Waals surface area contributed by atoms with E-state index in [1.54, 1.807) is 0 Å². The molecule has 1 unspecified atom stereocenters. The van der Waals surface area contributed by atoms with E-state index in [-0.39, 0.29) is 0 Å². The fraction of sp³-hybridized carbons (Fsp3) is 0.455. The fourth-order valence-electron chi connectivity index (χ4n) is 2.08. The van der Waals surface area contributed by atoms with E-state index < -0.39 is 47.4 Å². The Morgan fingerprint density at radius 1 is 1.22 bits per heavy atom. The minimum atomic E-state index is -4.92. The summed E-state index contributed by atoms with van der Waals surface area (Å²) >= 11 is 0. The van der Waals surface area contributed by atoms with Gasteiger partial charge in [0.1, 0.15) is 5.82 Å². The summed E-state index contributed by atoms with van der Waals surface area (Å²) in [4.78, 5) is 0. The summed E-state index contributed by atoms with van der Waals surface area (Å²) in [5, 5.41) is 0. The molecule has 1 nitrogen and oxygen atoms in total. The summed E-state index contributed by atoms with van der Waals surface area (Å²) in [5.74, 6) is -4.92. The van der Waals surface area contributed by atoms with E-state index in [1.807, 2.05) is 0 Å². The van der Waals surface area contributed by atoms with Crippen molar-refractivity contribution in [2.24, 2.45) is 5.73 Å². The third-order valence-corrected chi connectivity index (χ3v) is 3.27. The van der Waals surface area contributed by atoms with Crippen molar-refractivity contribution in [3.05, 3.63) is 35.1 Å². The van der Waals surface area contributed by atoms with Crippen LogP contribution in [0.4, 0.5) is 26.3 Å². The average Bonchev–Trinajstić information content (AvgIpc) is 2.80. The van der Waals surface area contributed by atoms with Crippen LogP contribution in [0.25, 0.3) is 0 Å². The van der Waals surface area contributed by atoms with E-state index in [2.05, 4.69) is 0 Å². The summed E-state index contributed by atoms with van der Waals surface area (Å²) in [6.45, 7) is -0.599. The number of rotatable bonds is 2. The highest BCUT2D eigenvalue weighted by atomic mass is 19.4. The Hall–Kier alpha value is -1.24. The maximum Gasteiger partial charge on any atom is 0.419 e. The summed E-state index contributed by atoms with van der Waals surface area (Å²) < 4.78 is 77.6. The van der Waals surface area contributed by atoms with Crippen molar-refractivity contribution in [2.45, 2.75) is 23.9 Å². The number of halogens is 6. The lowest BCUT2D eigenvalue weighted by Gasteiger charge is -2.18. The summed E-state index contributed by atoms with van der Waals surface area (Å²) in [6.07, 6.45) is -5.64. The number of alkyl halides is 5. The van der Waals surface area contributed by atoms with E-state index >= 15 is 0 Å². The Labute approximate surface area is 98.6 Å². The molecule has 2 N–H and O–H groups in total. The Bertz CT molecular complexity index is 481. The summed E-state index contributed by atoms with van der Waals surface area (Å²) in [5.41, 5.74) is 0.967. The molecule has 2 rings (SSSR count). The van der Waals surface area contributed by atoms with Gasteiger partial charge in [-0.2, -0.15) is 13.2 Å². The van der Waals surface area contributed by atoms with Gasteiger partial charge in [-0.3, -0.25) is 0 Å². The molecule has 1 aromatic carbocycles. The molecule has 100 valence electrons. The molecule has 0 saturated heterocycles. The molecule has 0 aromatic heterocycles. The van der Waals surface area contributed by atoms with Gasteiger partial charge in [0.25, 0.3) is 5.92 Å². The SMILES string of the molecule is NCC1(c2cccc(C(F)(F)F)c2F)CC1(F)F. The Balaban J connectivity index is 2.55. The second-order valence-electron chi connectivity index (χ2n) is 4.33. The molecule has 0 amide bonds. The van der Waals surface area contributed by atoms with Crippen LogP contribution < -0.4 is 5.73 Å². The fourth-order valence-corrected chi connectivity index (χ4v) is 2.08. The van der Waals surface area contributed by atoms with Crippen LogP contribution in [0.1, 0.15) is 17.5 Å². The first-order chi connectivity index (χ1) is 8.16. The molecule has 7 heteroatoms. The van der Waals surface area contributed by atoms with Crippen LogP contribution >= 0.6 is 0 Å². The van der Waals surface area contributed by atoms with Crippen molar-refractivity contribution >= 4 is 0 Å². The molecule has 0 spiro atoms. The van der Waals surface area contributed by atoms with Gasteiger partial charge in [0.15, 0.2) is 0 Å². The first-order valence-corrected chi connectivity index (χ1v) is 5.10. The molecule has 0 aliphatic heterocycles. The number of hydrogen-bond donors (Lipinski definition) is 1. The normalized spacial score (nSPS) is 26.2. The molecule has 0 heterocycles. The van der Waals surface area contributed by atoms with Crippen LogP contribution in [-0.4, -0.2) is 12.5 Å². The second kappa shape index (κ2) is 3.63. The molecule has 1 saturated carbocycles. The van der Waals surface area contributed by atoms with Crippen LogP contribution in [0, 0.1) is 5.82 Å². The zero-order chi connectivity index (χ0) is 13.8. The highest BCUT2D eigenvalue weighted by molar-refractivity contribution is 5.42. The van der Waals surface area contributed by atoms with Crippen molar-refractivity contribution in [3.8, 4) is 0 Å². The number of benzene rings is 1. The Morgan fingerprint density at radius 2 is 1.78 bits per heavy atom. The third kappa shape index (κ3) is 1.68. The van der Waals surface area contributed by atoms with E-state index in [4.69, 9.17) is 5.73 Å². The average molecular weight is 269 g/mol. The molecule has 1 fully saturated rings. The Kier molecular flexibility index (Phi) is 2.66. The van der Waals surface area contributed by atoms with Crippen LogP contribution in [0.3, 0.4) is 0 Å². The molecular weight excluding hydrogens is 260 g/mol. The van der Waals surface area contributed by atoms with Crippen LogP contribution in [0.15, 0.2) is 18.2 Å². The topological polar surface area (TPSA) is 26.0 Å². The molecule has 0 bridgehead atoms. The first kappa shape index (κ1) is 13.2. The van der Waals surface area contributed by atoms with Crippen molar-refractivity contribution in [2.75, 3.05) is 6.54 Å². The van der Waals surface area contributed by atoms with Crippen molar-refractivity contribution in [1.29, 1.82) is 0 Å². The highest BCUT2D eigenvalue weighted by Crippen LogP contribution is 2.61. The smallest absolute Gasteiger partial charge is 0.329 e. The molecule has 18 heavy (non-hydrogen) atoms. The maximum absolute atomic E-state index is 13.7. The van der Waals surface area contributed by atoms with Gasteiger partial charge in [0, 0.05) is 18.5 Å². The van der Waals surface area contributed by atoms with Crippen LogP contribution in [0.2, 0.25) is 0 Å². The van der Waals surface area contributed by atoms with Gasteiger partial charge in [-0.05, 0) is 6.07 Å². The van der Waals surface area contributed by atoms with Crippen molar-refractivity contribution in [3.63, 3.8) is 0 Å². The van der Waals surface area contributed by atoms with Gasteiger partial charge in [-0.1, -0.05) is 12.1 Å². The lowest BCUT2D eigenvalue weighted by molar-refractivity contribution is -0.140. The second-order valence-corrected chi connectivity index (χ2v) is 4.33. The van der Waals surface area contributed by atoms with Gasteiger partial charge >= 0.3 is 6.18 Å². The largest absolute Gasteiger partial charge is 0.419 e. The zero-order valence-electron chi connectivity index (χ0n) is 8.99. The predicted octanol–water partition coefficient (Wildman–Crippen LogP) is 3.08. The molecule has 1 aliphatic carbocycles. The maximum atomic E-state index is 13.7. The molecule has 1 atom stereocenters. The molecule has 1 aromatic rings. The minimum absolute atomic E-state index is 0.517. The first-order valence-electron chi connectivity index (χ1n) is 5.10. The van der Waals surface area contributed by atoms with Gasteiger partial charge in [-0.15, -0.1) is 0 Å². The van der Waals surface area contributed by atoms with Gasteiger partial charge in [-0.25, -0.2) is 13.2 Å². The number of hydrogen-bond acceptors (Lipinski definition) is 1. The summed E-state index contributed by atoms with van der Waals surface area (Å²) in [7, 11) is 0. The van der Waals surface area contributed by atoms with Crippen molar-refractivity contribution in [1.82, 2.24) is 0 Å². The molecule has 1 aliphatic rings. The zero-order valence-corrected chi connectivity index (χ0v) is 8.99. The monoisotopic (exact) mass is 269 g/mol. The lowest BCUT2D eigenvalue weighted by Crippen LogP contribution is -2.28. The Morgan fingerprint density at radius 3 is 2.17 bits per heavy atom. The van der Waals surface area contributed by atoms with Crippen molar-refractivity contribution < 1.29 is 26.3 Å². The third-order valence-electron chi connectivity index (χ3n) is 3.27. The number of nitrogens with two attached hydrogens (primary N) is 1. The van der Waals surface area contributed by atoms with Crippen LogP contribution in [-0.2, 0) is 11.6 Å². The van der Waals surface area contributed by atoms with E-state index in [0.717, 1.165) is 12.1 Å². The molecule has 0 radical (unpaired) electrons. The van der Waals surface area contributed by atoms with Gasteiger partial charge in [0.2, 0.25) is 0 Å². The quantitative estimate of drug-likeness (QED) is 0.820. The van der Waals surface area contributed by atoms with Gasteiger partial charge in [0.05, 0.1) is 11.0 Å². The standard InChI is InChI=1S/C11H9F6N/c12-8-6(9(5-18)4-10(9,13)14)2-1-3-7(8)11(15,16)17/h1-3H,4-5,18H2. The van der Waals surface area contributed by atoms with E-state index in [0.29, 0.717) is 6.07 Å². The molecular formula is C11H9F6N. The predicted molar refractivity (Wildman–Crippen MR) is 51.7 cm³/mol. The van der Waals surface area contributed by atoms with E-state index in [9.17, 15) is 26.3 Å². The van der Waals surface area contributed by atoms with Gasteiger partial charge < -0.3 is 5.73 Å². The minimum Gasteiger partial charge on any atom is -0.329 e.